The Balaban J connectivity index is 1.31. The Morgan fingerprint density at radius 2 is 1.60 bits per heavy atom. The number of benzene rings is 3. The van der Waals surface area contributed by atoms with Crippen molar-refractivity contribution in [2.45, 2.75) is 19.3 Å². The highest BCUT2D eigenvalue weighted by atomic mass is 32.1. The number of hydrogen-bond donors (Lipinski definition) is 0. The van der Waals surface area contributed by atoms with Gasteiger partial charge in [0.1, 0.15) is 5.75 Å². The maximum atomic E-state index is 12.6. The predicted molar refractivity (Wildman–Crippen MR) is 123 cm³/mol. The topological polar surface area (TPSA) is 42.4 Å². The highest BCUT2D eigenvalue weighted by Crippen LogP contribution is 2.33. The molecule has 4 nitrogen and oxygen atoms in total. The molecule has 5 rings (SSSR count). The summed E-state index contributed by atoms with van der Waals surface area (Å²) in [6, 6.07) is 23.3. The number of thiazole rings is 1. The summed E-state index contributed by atoms with van der Waals surface area (Å²) in [5.74, 6) is 0.197. The minimum atomic E-state index is -0.352. The Kier molecular flexibility index (Phi) is 5.20. The van der Waals surface area contributed by atoms with E-state index in [2.05, 4.69) is 17.0 Å². The number of carbonyl (C=O) groups is 1. The first-order valence-corrected chi connectivity index (χ1v) is 11.1. The maximum Gasteiger partial charge on any atom is 0.343 e. The van der Waals surface area contributed by atoms with Crippen LogP contribution in [-0.4, -0.2) is 24.0 Å². The van der Waals surface area contributed by atoms with Crippen molar-refractivity contribution in [3.63, 3.8) is 0 Å². The molecule has 0 atom stereocenters. The Labute approximate surface area is 179 Å². The van der Waals surface area contributed by atoms with Crippen molar-refractivity contribution in [1.82, 2.24) is 4.98 Å². The quantitative estimate of drug-likeness (QED) is 0.296. The summed E-state index contributed by atoms with van der Waals surface area (Å²) >= 11 is 1.66. The summed E-state index contributed by atoms with van der Waals surface area (Å²) in [6.07, 6.45) is 3.75. The number of fused-ring (bicyclic) bond motifs is 1. The van der Waals surface area contributed by atoms with Gasteiger partial charge in [-0.25, -0.2) is 9.78 Å². The van der Waals surface area contributed by atoms with Crippen LogP contribution in [0.2, 0.25) is 0 Å². The molecule has 0 saturated carbocycles. The highest BCUT2D eigenvalue weighted by molar-refractivity contribution is 7.22. The third-order valence-electron chi connectivity index (χ3n) is 5.41. The summed E-state index contributed by atoms with van der Waals surface area (Å²) < 4.78 is 6.68. The molecule has 3 aromatic carbocycles. The Bertz CT molecular complexity index is 1160. The average molecular weight is 415 g/mol. The fourth-order valence-corrected chi connectivity index (χ4v) is 4.82. The normalized spacial score (nSPS) is 14.1. The van der Waals surface area contributed by atoms with Crippen LogP contribution in [0.4, 0.5) is 5.13 Å². The lowest BCUT2D eigenvalue weighted by molar-refractivity contribution is 0.0735. The molecule has 0 unspecified atom stereocenters. The summed E-state index contributed by atoms with van der Waals surface area (Å²) in [5, 5.41) is 1.06. The molecule has 1 aromatic heterocycles. The summed E-state index contributed by atoms with van der Waals surface area (Å²) in [7, 11) is 0. The lowest BCUT2D eigenvalue weighted by atomic mass is 10.0. The molecule has 1 fully saturated rings. The first-order valence-electron chi connectivity index (χ1n) is 10.3. The molecule has 2 heterocycles. The second kappa shape index (κ2) is 8.28. The molecular formula is C25H22N2O2S. The van der Waals surface area contributed by atoms with E-state index in [9.17, 15) is 4.79 Å². The van der Waals surface area contributed by atoms with Gasteiger partial charge in [-0.1, -0.05) is 53.8 Å². The summed E-state index contributed by atoms with van der Waals surface area (Å²) in [5.41, 5.74) is 3.68. The van der Waals surface area contributed by atoms with Crippen LogP contribution in [0.1, 0.15) is 29.6 Å². The molecule has 5 heteroatoms. The van der Waals surface area contributed by atoms with Gasteiger partial charge in [0.2, 0.25) is 0 Å². The molecule has 0 N–H and O–H groups in total. The number of nitrogens with zero attached hydrogens (tertiary/aromatic N) is 2. The van der Waals surface area contributed by atoms with Gasteiger partial charge >= 0.3 is 5.97 Å². The number of esters is 1. The number of piperidine rings is 1. The zero-order chi connectivity index (χ0) is 20.3. The minimum absolute atomic E-state index is 0.352. The van der Waals surface area contributed by atoms with Crippen molar-refractivity contribution in [3.05, 3.63) is 78.4 Å². The van der Waals surface area contributed by atoms with Crippen molar-refractivity contribution in [3.8, 4) is 16.9 Å². The summed E-state index contributed by atoms with van der Waals surface area (Å²) in [6.45, 7) is 2.14. The maximum absolute atomic E-state index is 12.6. The largest absolute Gasteiger partial charge is 0.423 e. The second-order valence-electron chi connectivity index (χ2n) is 7.51. The van der Waals surface area contributed by atoms with Crippen LogP contribution in [0.25, 0.3) is 21.3 Å². The molecule has 1 saturated heterocycles. The van der Waals surface area contributed by atoms with Gasteiger partial charge in [0, 0.05) is 19.2 Å². The van der Waals surface area contributed by atoms with Gasteiger partial charge in [-0.2, -0.15) is 0 Å². The van der Waals surface area contributed by atoms with Crippen molar-refractivity contribution < 1.29 is 9.53 Å². The fourth-order valence-electron chi connectivity index (χ4n) is 3.77. The zero-order valence-electron chi connectivity index (χ0n) is 16.6. The van der Waals surface area contributed by atoms with Crippen LogP contribution in [0, 0.1) is 0 Å². The van der Waals surface area contributed by atoms with Gasteiger partial charge in [0.25, 0.3) is 0 Å². The van der Waals surface area contributed by atoms with Gasteiger partial charge in [-0.05, 0) is 54.7 Å². The van der Waals surface area contributed by atoms with E-state index in [0.29, 0.717) is 11.3 Å². The van der Waals surface area contributed by atoms with Crippen molar-refractivity contribution >= 4 is 32.7 Å². The third kappa shape index (κ3) is 3.94. The molecule has 0 amide bonds. The standard InChI is InChI=1S/C25H22N2O2S/c28-24(20-11-9-19(10-12-20)18-7-3-1-4-8-18)29-21-13-14-22-23(17-21)30-25(26-22)27-15-5-2-6-16-27/h1,3-4,7-14,17H,2,5-6,15-16H2. The van der Waals surface area contributed by atoms with Gasteiger partial charge < -0.3 is 9.64 Å². The van der Waals surface area contributed by atoms with Crippen LogP contribution < -0.4 is 9.64 Å². The molecule has 0 bridgehead atoms. The highest BCUT2D eigenvalue weighted by Gasteiger charge is 2.16. The lowest BCUT2D eigenvalue weighted by Crippen LogP contribution is -2.29. The molecule has 4 aromatic rings. The average Bonchev–Trinajstić information content (AvgIpc) is 3.24. The van der Waals surface area contributed by atoms with Crippen molar-refractivity contribution in [2.75, 3.05) is 18.0 Å². The van der Waals surface area contributed by atoms with Crippen LogP contribution in [-0.2, 0) is 0 Å². The molecule has 1 aliphatic rings. The van der Waals surface area contributed by atoms with E-state index in [1.165, 1.54) is 19.3 Å². The first kappa shape index (κ1) is 18.8. The number of aromatic nitrogens is 1. The number of anilines is 1. The van der Waals surface area contributed by atoms with Gasteiger partial charge in [0.15, 0.2) is 5.13 Å². The van der Waals surface area contributed by atoms with E-state index in [4.69, 9.17) is 9.72 Å². The van der Waals surface area contributed by atoms with Gasteiger partial charge in [-0.3, -0.25) is 0 Å². The van der Waals surface area contributed by atoms with Crippen molar-refractivity contribution in [2.24, 2.45) is 0 Å². The number of ether oxygens (including phenoxy) is 1. The number of hydrogen-bond acceptors (Lipinski definition) is 5. The smallest absolute Gasteiger partial charge is 0.343 e. The molecule has 1 aliphatic heterocycles. The van der Waals surface area contributed by atoms with E-state index >= 15 is 0 Å². The number of carbonyl (C=O) groups excluding carboxylic acids is 1. The Morgan fingerprint density at radius 1 is 0.867 bits per heavy atom. The molecule has 0 spiro atoms. The van der Waals surface area contributed by atoms with E-state index in [1.807, 2.05) is 60.7 Å². The zero-order valence-corrected chi connectivity index (χ0v) is 17.4. The van der Waals surface area contributed by atoms with Crippen LogP contribution in [0.15, 0.2) is 72.8 Å². The van der Waals surface area contributed by atoms with Crippen LogP contribution in [0.3, 0.4) is 0 Å². The van der Waals surface area contributed by atoms with E-state index in [0.717, 1.165) is 39.6 Å². The predicted octanol–water partition coefficient (Wildman–Crippen LogP) is 6.17. The van der Waals surface area contributed by atoms with Gasteiger partial charge in [-0.15, -0.1) is 0 Å². The monoisotopic (exact) mass is 414 g/mol. The van der Waals surface area contributed by atoms with E-state index < -0.39 is 0 Å². The molecule has 0 radical (unpaired) electrons. The Hall–Kier alpha value is -3.18. The van der Waals surface area contributed by atoms with E-state index in [1.54, 1.807) is 11.3 Å². The Morgan fingerprint density at radius 3 is 2.37 bits per heavy atom. The van der Waals surface area contributed by atoms with E-state index in [-0.39, 0.29) is 5.97 Å². The van der Waals surface area contributed by atoms with Gasteiger partial charge in [0.05, 0.1) is 15.8 Å². The number of rotatable bonds is 4. The first-order chi connectivity index (χ1) is 14.8. The molecule has 150 valence electrons. The van der Waals surface area contributed by atoms with Crippen LogP contribution in [0.5, 0.6) is 5.75 Å². The fraction of sp³-hybridized carbons (Fsp3) is 0.200. The molecule has 30 heavy (non-hydrogen) atoms. The van der Waals surface area contributed by atoms with Crippen LogP contribution >= 0.6 is 11.3 Å². The lowest BCUT2D eigenvalue weighted by Gasteiger charge is -2.25. The SMILES string of the molecule is O=C(Oc1ccc2nc(N3CCCCC3)sc2c1)c1ccc(-c2ccccc2)cc1. The molecular weight excluding hydrogens is 392 g/mol. The van der Waals surface area contributed by atoms with Crippen molar-refractivity contribution in [1.29, 1.82) is 0 Å². The second-order valence-corrected chi connectivity index (χ2v) is 8.52. The third-order valence-corrected chi connectivity index (χ3v) is 6.49. The molecule has 0 aliphatic carbocycles. The minimum Gasteiger partial charge on any atom is -0.423 e. The summed E-state index contributed by atoms with van der Waals surface area (Å²) in [4.78, 5) is 19.7.